The van der Waals surface area contributed by atoms with Crippen LogP contribution in [0.1, 0.15) is 5.69 Å². The molecular weight excluding hydrogens is 234 g/mol. The van der Waals surface area contributed by atoms with Crippen LogP contribution in [0.2, 0.25) is 0 Å². The minimum Gasteiger partial charge on any atom is -0.461 e. The predicted octanol–water partition coefficient (Wildman–Crippen LogP) is 0.866. The number of carbonyl (C=O) groups is 1. The lowest BCUT2D eigenvalue weighted by Gasteiger charge is -2.25. The molecule has 94 valence electrons. The Morgan fingerprint density at radius 3 is 3.17 bits per heavy atom. The van der Waals surface area contributed by atoms with Crippen molar-refractivity contribution in [3.05, 3.63) is 30.2 Å². The summed E-state index contributed by atoms with van der Waals surface area (Å²) in [6.07, 6.45) is 1.59. The number of nitrogens with zero attached hydrogens (tertiary/aromatic N) is 2. The second-order valence-electron chi connectivity index (χ2n) is 4.22. The van der Waals surface area contributed by atoms with Crippen LogP contribution in [0.5, 0.6) is 0 Å². The molecule has 0 saturated carbocycles. The zero-order valence-corrected chi connectivity index (χ0v) is 9.76. The molecule has 18 heavy (non-hydrogen) atoms. The standard InChI is InChI=1S/C12H13N3O3/c16-12-8-15(4-3-13-12)7-9-6-11(18-14-9)10-2-1-5-17-10/h1-2,5-6H,3-4,7-8H2,(H,13,16). The Hall–Kier alpha value is -2.08. The monoisotopic (exact) mass is 247 g/mol. The molecule has 0 bridgehead atoms. The molecule has 6 nitrogen and oxygen atoms in total. The first-order valence-electron chi connectivity index (χ1n) is 5.80. The molecule has 2 aromatic heterocycles. The third kappa shape index (κ3) is 2.28. The van der Waals surface area contributed by atoms with Gasteiger partial charge >= 0.3 is 0 Å². The minimum atomic E-state index is 0.0519. The molecule has 1 aliphatic rings. The van der Waals surface area contributed by atoms with E-state index in [1.54, 1.807) is 12.3 Å². The molecule has 0 spiro atoms. The Labute approximate surface area is 104 Å². The van der Waals surface area contributed by atoms with E-state index in [2.05, 4.69) is 10.5 Å². The van der Waals surface area contributed by atoms with Crippen LogP contribution >= 0.6 is 0 Å². The van der Waals surface area contributed by atoms with Gasteiger partial charge in [0.25, 0.3) is 0 Å². The molecule has 6 heteroatoms. The fourth-order valence-electron chi connectivity index (χ4n) is 1.98. The van der Waals surface area contributed by atoms with Crippen LogP contribution in [0.3, 0.4) is 0 Å². The second kappa shape index (κ2) is 4.66. The number of hydrogen-bond donors (Lipinski definition) is 1. The van der Waals surface area contributed by atoms with Gasteiger partial charge in [0.1, 0.15) is 0 Å². The molecule has 1 saturated heterocycles. The van der Waals surface area contributed by atoms with Gasteiger partial charge in [-0.25, -0.2) is 0 Å². The number of rotatable bonds is 3. The fraction of sp³-hybridized carbons (Fsp3) is 0.333. The summed E-state index contributed by atoms with van der Waals surface area (Å²) in [4.78, 5) is 13.3. The van der Waals surface area contributed by atoms with E-state index in [1.165, 1.54) is 0 Å². The van der Waals surface area contributed by atoms with Crippen molar-refractivity contribution in [3.63, 3.8) is 0 Å². The minimum absolute atomic E-state index is 0.0519. The Morgan fingerprint density at radius 1 is 1.44 bits per heavy atom. The van der Waals surface area contributed by atoms with E-state index in [0.29, 0.717) is 31.2 Å². The van der Waals surface area contributed by atoms with Crippen LogP contribution in [0.25, 0.3) is 11.5 Å². The largest absolute Gasteiger partial charge is 0.461 e. The van der Waals surface area contributed by atoms with E-state index in [-0.39, 0.29) is 5.91 Å². The zero-order chi connectivity index (χ0) is 12.4. The number of hydrogen-bond acceptors (Lipinski definition) is 5. The van der Waals surface area contributed by atoms with Crippen molar-refractivity contribution in [1.82, 2.24) is 15.4 Å². The highest BCUT2D eigenvalue weighted by atomic mass is 16.5. The van der Waals surface area contributed by atoms with Crippen LogP contribution in [-0.2, 0) is 11.3 Å². The normalized spacial score (nSPS) is 16.8. The third-order valence-corrected chi connectivity index (χ3v) is 2.83. The van der Waals surface area contributed by atoms with Gasteiger partial charge in [-0.2, -0.15) is 0 Å². The number of furan rings is 1. The first-order chi connectivity index (χ1) is 8.81. The van der Waals surface area contributed by atoms with Crippen LogP contribution in [0.4, 0.5) is 0 Å². The van der Waals surface area contributed by atoms with Crippen LogP contribution < -0.4 is 5.32 Å². The van der Waals surface area contributed by atoms with Gasteiger partial charge in [0.2, 0.25) is 11.7 Å². The summed E-state index contributed by atoms with van der Waals surface area (Å²) in [5, 5.41) is 6.77. The summed E-state index contributed by atoms with van der Waals surface area (Å²) in [5.74, 6) is 1.32. The van der Waals surface area contributed by atoms with Gasteiger partial charge < -0.3 is 14.3 Å². The first-order valence-corrected chi connectivity index (χ1v) is 5.80. The Morgan fingerprint density at radius 2 is 2.39 bits per heavy atom. The average Bonchev–Trinajstić information content (AvgIpc) is 2.98. The predicted molar refractivity (Wildman–Crippen MR) is 62.5 cm³/mol. The van der Waals surface area contributed by atoms with Crippen molar-refractivity contribution in [2.75, 3.05) is 19.6 Å². The number of piperazine rings is 1. The van der Waals surface area contributed by atoms with Gasteiger partial charge in [0, 0.05) is 25.7 Å². The van der Waals surface area contributed by atoms with E-state index >= 15 is 0 Å². The highest BCUT2D eigenvalue weighted by molar-refractivity contribution is 5.78. The van der Waals surface area contributed by atoms with Crippen molar-refractivity contribution in [3.8, 4) is 11.5 Å². The maximum atomic E-state index is 11.2. The lowest BCUT2D eigenvalue weighted by molar-refractivity contribution is -0.124. The van der Waals surface area contributed by atoms with Gasteiger partial charge in [-0.3, -0.25) is 9.69 Å². The van der Waals surface area contributed by atoms with Crippen molar-refractivity contribution < 1.29 is 13.7 Å². The van der Waals surface area contributed by atoms with Crippen molar-refractivity contribution in [2.24, 2.45) is 0 Å². The third-order valence-electron chi connectivity index (χ3n) is 2.83. The molecule has 0 atom stereocenters. The molecule has 1 amide bonds. The van der Waals surface area contributed by atoms with Gasteiger partial charge in [0.15, 0.2) is 5.76 Å². The number of aromatic nitrogens is 1. The summed E-state index contributed by atoms with van der Waals surface area (Å²) < 4.78 is 10.4. The summed E-state index contributed by atoms with van der Waals surface area (Å²) in [7, 11) is 0. The SMILES string of the molecule is O=C1CN(Cc2cc(-c3ccco3)on2)CCN1. The summed E-state index contributed by atoms with van der Waals surface area (Å²) in [6.45, 7) is 2.52. The number of nitrogens with one attached hydrogen (secondary N) is 1. The van der Waals surface area contributed by atoms with Crippen molar-refractivity contribution >= 4 is 5.91 Å². The summed E-state index contributed by atoms with van der Waals surface area (Å²) in [5.41, 5.74) is 0.802. The van der Waals surface area contributed by atoms with Crippen LogP contribution in [-0.4, -0.2) is 35.6 Å². The Kier molecular flexibility index (Phi) is 2.85. The van der Waals surface area contributed by atoms with Crippen LogP contribution in [0, 0.1) is 0 Å². The Bertz CT molecular complexity index is 533. The van der Waals surface area contributed by atoms with Crippen molar-refractivity contribution in [1.29, 1.82) is 0 Å². The molecule has 3 heterocycles. The van der Waals surface area contributed by atoms with Gasteiger partial charge in [-0.15, -0.1) is 0 Å². The lowest BCUT2D eigenvalue weighted by atomic mass is 10.3. The van der Waals surface area contributed by atoms with E-state index in [9.17, 15) is 4.79 Å². The molecule has 0 aromatic carbocycles. The molecule has 0 unspecified atom stereocenters. The molecule has 1 N–H and O–H groups in total. The maximum absolute atomic E-state index is 11.2. The zero-order valence-electron chi connectivity index (χ0n) is 9.76. The summed E-state index contributed by atoms with van der Waals surface area (Å²) >= 11 is 0. The molecule has 3 rings (SSSR count). The highest BCUT2D eigenvalue weighted by Gasteiger charge is 2.18. The first kappa shape index (κ1) is 11.0. The molecule has 2 aromatic rings. The van der Waals surface area contributed by atoms with E-state index in [1.807, 2.05) is 17.0 Å². The smallest absolute Gasteiger partial charge is 0.234 e. The lowest BCUT2D eigenvalue weighted by Crippen LogP contribution is -2.47. The van der Waals surface area contributed by atoms with Gasteiger partial charge in [-0.1, -0.05) is 5.16 Å². The quantitative estimate of drug-likeness (QED) is 0.871. The topological polar surface area (TPSA) is 71.5 Å². The van der Waals surface area contributed by atoms with Gasteiger partial charge in [-0.05, 0) is 12.1 Å². The number of amides is 1. The van der Waals surface area contributed by atoms with E-state index < -0.39 is 0 Å². The maximum Gasteiger partial charge on any atom is 0.234 e. The molecular formula is C12H13N3O3. The van der Waals surface area contributed by atoms with Crippen molar-refractivity contribution in [2.45, 2.75) is 6.54 Å². The van der Waals surface area contributed by atoms with Crippen LogP contribution in [0.15, 0.2) is 33.4 Å². The molecule has 0 radical (unpaired) electrons. The fourth-order valence-corrected chi connectivity index (χ4v) is 1.98. The van der Waals surface area contributed by atoms with Gasteiger partial charge in [0.05, 0.1) is 18.5 Å². The molecule has 0 aliphatic carbocycles. The average molecular weight is 247 g/mol. The molecule has 1 aliphatic heterocycles. The number of carbonyl (C=O) groups excluding carboxylic acids is 1. The summed E-state index contributed by atoms with van der Waals surface area (Å²) in [6, 6.07) is 5.45. The molecule has 1 fully saturated rings. The highest BCUT2D eigenvalue weighted by Crippen LogP contribution is 2.21. The van der Waals surface area contributed by atoms with E-state index in [4.69, 9.17) is 8.94 Å². The van der Waals surface area contributed by atoms with E-state index in [0.717, 1.165) is 12.2 Å². The Balaban J connectivity index is 1.68. The second-order valence-corrected chi connectivity index (χ2v) is 4.22.